The van der Waals surface area contributed by atoms with Crippen molar-refractivity contribution in [2.24, 2.45) is 0 Å². The minimum atomic E-state index is -0.741. The van der Waals surface area contributed by atoms with Crippen molar-refractivity contribution in [3.8, 4) is 22.6 Å². The molecule has 0 unspecified atom stereocenters. The number of pyridine rings is 1. The predicted octanol–water partition coefficient (Wildman–Crippen LogP) is 3.40. The second kappa shape index (κ2) is 9.33. The maximum absolute atomic E-state index is 13.7. The molecular weight excluding hydrogens is 506 g/mol. The van der Waals surface area contributed by atoms with Gasteiger partial charge in [-0.05, 0) is 42.5 Å². The Balaban J connectivity index is 1.25. The molecule has 5 aromatic rings. The maximum atomic E-state index is 13.7. The van der Waals surface area contributed by atoms with Gasteiger partial charge in [0, 0.05) is 36.5 Å². The van der Waals surface area contributed by atoms with Crippen LogP contribution < -0.4 is 5.32 Å². The number of carbonyl (C=O) groups excluding carboxylic acids is 1. The number of hydrogen-bond acceptors (Lipinski definition) is 7. The lowest BCUT2D eigenvalue weighted by Crippen LogP contribution is -2.51. The Kier molecular flexibility index (Phi) is 5.63. The molecule has 2 aliphatic rings. The van der Waals surface area contributed by atoms with E-state index in [-0.39, 0.29) is 17.2 Å². The zero-order valence-electron chi connectivity index (χ0n) is 20.6. The van der Waals surface area contributed by atoms with E-state index in [4.69, 9.17) is 14.8 Å². The maximum Gasteiger partial charge on any atom is 0.257 e. The fraction of sp³-hybridized carbons (Fsp3) is 0.222. The molecule has 12 heteroatoms. The highest BCUT2D eigenvalue weighted by atomic mass is 19.1. The van der Waals surface area contributed by atoms with E-state index in [0.717, 1.165) is 55.1 Å². The number of nitrogens with zero attached hydrogens (tertiary/aromatic N) is 7. The van der Waals surface area contributed by atoms with E-state index in [1.807, 2.05) is 6.07 Å². The summed E-state index contributed by atoms with van der Waals surface area (Å²) in [5.74, 6) is -0.386. The Hall–Kier alpha value is -4.55. The summed E-state index contributed by atoms with van der Waals surface area (Å²) in [6, 6.07) is 12.8. The van der Waals surface area contributed by atoms with E-state index in [1.54, 1.807) is 28.9 Å². The minimum Gasteiger partial charge on any atom is -0.378 e. The third-order valence-corrected chi connectivity index (χ3v) is 7.05. The van der Waals surface area contributed by atoms with Crippen molar-refractivity contribution in [1.82, 2.24) is 34.0 Å². The zero-order chi connectivity index (χ0) is 26.5. The Morgan fingerprint density at radius 2 is 1.87 bits per heavy atom. The molecule has 39 heavy (non-hydrogen) atoms. The molecule has 1 saturated heterocycles. The van der Waals surface area contributed by atoms with Crippen LogP contribution in [0, 0.1) is 11.8 Å². The molecular formula is C27H22F2N8O2. The van der Waals surface area contributed by atoms with E-state index in [0.29, 0.717) is 23.9 Å². The Morgan fingerprint density at radius 1 is 1.03 bits per heavy atom. The number of benzene rings is 1. The lowest BCUT2D eigenvalue weighted by Gasteiger charge is -2.39. The van der Waals surface area contributed by atoms with Gasteiger partial charge in [0.2, 0.25) is 5.95 Å². The van der Waals surface area contributed by atoms with Crippen molar-refractivity contribution >= 4 is 17.4 Å². The molecule has 1 N–H and O–H groups in total. The first-order chi connectivity index (χ1) is 19.0. The van der Waals surface area contributed by atoms with Crippen LogP contribution in [0.2, 0.25) is 0 Å². The molecule has 10 nitrogen and oxygen atoms in total. The number of fused-ring (bicyclic) bond motifs is 2. The van der Waals surface area contributed by atoms with Gasteiger partial charge in [-0.15, -0.1) is 0 Å². The largest absolute Gasteiger partial charge is 0.378 e. The average molecular weight is 529 g/mol. The number of nitrogens with one attached hydrogen (secondary N) is 1. The third kappa shape index (κ3) is 4.33. The second-order valence-corrected chi connectivity index (χ2v) is 9.51. The summed E-state index contributed by atoms with van der Waals surface area (Å²) in [5, 5.41) is 7.46. The van der Waals surface area contributed by atoms with E-state index < -0.39 is 11.9 Å². The van der Waals surface area contributed by atoms with Crippen LogP contribution in [-0.2, 0) is 17.8 Å². The standard InChI is InChI=1S/C27H22F2N8O2/c28-18-3-1-16(2-4-18)25-26(36-10-9-35(13-24(36)33-25)19-14-39-15-19)20-5-6-23-31-22(12-37(23)34-20)32-27(38)17-7-8-30-21(29)11-17/h1-8,11-12,19H,9-10,13-15H2,(H,32,38). The average Bonchev–Trinajstić information content (AvgIpc) is 3.48. The van der Waals surface area contributed by atoms with Gasteiger partial charge in [0.05, 0.1) is 43.4 Å². The quantitative estimate of drug-likeness (QED) is 0.349. The summed E-state index contributed by atoms with van der Waals surface area (Å²) >= 11 is 0. The molecule has 1 fully saturated rings. The number of ether oxygens (including phenoxy) is 1. The number of imidazole rings is 2. The minimum absolute atomic E-state index is 0.130. The van der Waals surface area contributed by atoms with Crippen molar-refractivity contribution in [1.29, 1.82) is 0 Å². The summed E-state index contributed by atoms with van der Waals surface area (Å²) in [5.41, 5.74) is 3.65. The molecule has 1 amide bonds. The van der Waals surface area contributed by atoms with Crippen LogP contribution in [-0.4, -0.2) is 65.7 Å². The van der Waals surface area contributed by atoms with Crippen LogP contribution >= 0.6 is 0 Å². The monoisotopic (exact) mass is 528 g/mol. The summed E-state index contributed by atoms with van der Waals surface area (Å²) in [6.07, 6.45) is 2.82. The Bertz CT molecular complexity index is 1710. The molecule has 0 saturated carbocycles. The van der Waals surface area contributed by atoms with Gasteiger partial charge in [-0.2, -0.15) is 9.49 Å². The fourth-order valence-corrected chi connectivity index (χ4v) is 4.97. The summed E-state index contributed by atoms with van der Waals surface area (Å²) in [4.78, 5) is 27.8. The topological polar surface area (TPSA) is 102 Å². The molecule has 2 aliphatic heterocycles. The van der Waals surface area contributed by atoms with E-state index in [9.17, 15) is 13.6 Å². The first kappa shape index (κ1) is 23.6. The lowest BCUT2D eigenvalue weighted by atomic mass is 10.1. The van der Waals surface area contributed by atoms with E-state index in [1.165, 1.54) is 24.4 Å². The highest BCUT2D eigenvalue weighted by Crippen LogP contribution is 2.34. The number of anilines is 1. The summed E-state index contributed by atoms with van der Waals surface area (Å²) < 4.78 is 36.3. The first-order valence-electron chi connectivity index (χ1n) is 12.5. The van der Waals surface area contributed by atoms with Crippen LogP contribution in [0.1, 0.15) is 16.2 Å². The van der Waals surface area contributed by atoms with Crippen LogP contribution in [0.4, 0.5) is 14.6 Å². The van der Waals surface area contributed by atoms with Gasteiger partial charge in [-0.25, -0.2) is 23.9 Å². The number of aromatic nitrogens is 6. The van der Waals surface area contributed by atoms with Gasteiger partial charge >= 0.3 is 0 Å². The molecule has 0 spiro atoms. The van der Waals surface area contributed by atoms with Gasteiger partial charge in [0.1, 0.15) is 17.3 Å². The Labute approximate surface area is 220 Å². The van der Waals surface area contributed by atoms with Gasteiger partial charge in [-0.3, -0.25) is 9.69 Å². The van der Waals surface area contributed by atoms with E-state index >= 15 is 0 Å². The number of amides is 1. The molecule has 4 aromatic heterocycles. The SMILES string of the molecule is O=C(Nc1cn2nc(-c3c(-c4ccc(F)cc4)nc4n3CCN(C3COC3)C4)ccc2n1)c1ccnc(F)c1. The molecule has 7 rings (SSSR count). The van der Waals surface area contributed by atoms with Gasteiger partial charge in [-0.1, -0.05) is 0 Å². The molecule has 1 aromatic carbocycles. The molecule has 0 bridgehead atoms. The molecule has 0 radical (unpaired) electrons. The smallest absolute Gasteiger partial charge is 0.257 e. The normalized spacial score (nSPS) is 15.7. The predicted molar refractivity (Wildman–Crippen MR) is 137 cm³/mol. The van der Waals surface area contributed by atoms with Crippen LogP contribution in [0.15, 0.2) is 60.9 Å². The van der Waals surface area contributed by atoms with Crippen LogP contribution in [0.25, 0.3) is 28.3 Å². The number of hydrogen-bond donors (Lipinski definition) is 1. The van der Waals surface area contributed by atoms with Crippen molar-refractivity contribution in [2.75, 3.05) is 25.1 Å². The fourth-order valence-electron chi connectivity index (χ4n) is 4.97. The molecule has 0 atom stereocenters. The number of halogens is 2. The summed E-state index contributed by atoms with van der Waals surface area (Å²) in [6.45, 7) is 3.72. The lowest BCUT2D eigenvalue weighted by molar-refractivity contribution is -0.0734. The summed E-state index contributed by atoms with van der Waals surface area (Å²) in [7, 11) is 0. The molecule has 0 aliphatic carbocycles. The van der Waals surface area contributed by atoms with Crippen molar-refractivity contribution in [3.05, 3.63) is 84.1 Å². The van der Waals surface area contributed by atoms with Crippen LogP contribution in [0.5, 0.6) is 0 Å². The molecule has 196 valence electrons. The number of rotatable bonds is 5. The second-order valence-electron chi connectivity index (χ2n) is 9.51. The highest BCUT2D eigenvalue weighted by molar-refractivity contribution is 6.03. The third-order valence-electron chi connectivity index (χ3n) is 7.05. The highest BCUT2D eigenvalue weighted by Gasteiger charge is 2.32. The van der Waals surface area contributed by atoms with Crippen molar-refractivity contribution in [2.45, 2.75) is 19.1 Å². The Morgan fingerprint density at radius 3 is 2.64 bits per heavy atom. The van der Waals surface area contributed by atoms with Crippen LogP contribution in [0.3, 0.4) is 0 Å². The number of carbonyl (C=O) groups is 1. The van der Waals surface area contributed by atoms with Crippen molar-refractivity contribution < 1.29 is 18.3 Å². The van der Waals surface area contributed by atoms with E-state index in [2.05, 4.69) is 24.8 Å². The zero-order valence-corrected chi connectivity index (χ0v) is 20.6. The van der Waals surface area contributed by atoms with Gasteiger partial charge in [0.15, 0.2) is 11.5 Å². The van der Waals surface area contributed by atoms with Gasteiger partial charge < -0.3 is 14.6 Å². The van der Waals surface area contributed by atoms with Crippen molar-refractivity contribution in [3.63, 3.8) is 0 Å². The van der Waals surface area contributed by atoms with Gasteiger partial charge in [0.25, 0.3) is 5.91 Å². The first-order valence-corrected chi connectivity index (χ1v) is 12.5. The molecule has 6 heterocycles.